The van der Waals surface area contributed by atoms with Crippen LogP contribution in [-0.2, 0) is 4.84 Å². The zero-order valence-electron chi connectivity index (χ0n) is 15.5. The van der Waals surface area contributed by atoms with Crippen LogP contribution in [0.4, 0.5) is 24.5 Å². The third-order valence-corrected chi connectivity index (χ3v) is 5.03. The number of halogens is 5. The minimum atomic E-state index is -1.36. The number of rotatable bonds is 8. The third-order valence-electron chi connectivity index (χ3n) is 3.78. The number of hydroxylamine groups is 1. The first-order valence-corrected chi connectivity index (χ1v) is 10.5. The van der Waals surface area contributed by atoms with Crippen molar-refractivity contribution in [1.82, 2.24) is 5.48 Å². The first-order valence-electron chi connectivity index (χ1n) is 8.59. The number of hydrogen-bond donors (Lipinski definition) is 3. The van der Waals surface area contributed by atoms with Crippen LogP contribution < -0.4 is 10.8 Å². The molecule has 2 aromatic rings. The Labute approximate surface area is 188 Å². The molecule has 0 saturated carbocycles. The molecule has 0 heterocycles. The molecule has 10 heteroatoms. The molecular formula is C19H19BrF3IN2O3. The van der Waals surface area contributed by atoms with Crippen LogP contribution in [-0.4, -0.2) is 23.7 Å². The van der Waals surface area contributed by atoms with Gasteiger partial charge in [0.1, 0.15) is 12.4 Å². The molecule has 3 N–H and O–H groups in total. The summed E-state index contributed by atoms with van der Waals surface area (Å²) in [6.07, 6.45) is -0.337. The number of benzene rings is 2. The van der Waals surface area contributed by atoms with Gasteiger partial charge in [-0.05, 0) is 75.1 Å². The molecule has 0 aromatic heterocycles. The second-order valence-electron chi connectivity index (χ2n) is 6.68. The Hall–Kier alpha value is -1.37. The van der Waals surface area contributed by atoms with E-state index in [1.807, 2.05) is 36.4 Å². The number of hydrogen-bond acceptors (Lipinski definition) is 4. The predicted molar refractivity (Wildman–Crippen MR) is 115 cm³/mol. The Bertz CT molecular complexity index is 899. The zero-order valence-corrected chi connectivity index (χ0v) is 19.3. The van der Waals surface area contributed by atoms with Crippen molar-refractivity contribution >= 4 is 55.8 Å². The maximum Gasteiger partial charge on any atom is 0.277 e. The molecule has 2 rings (SSSR count). The van der Waals surface area contributed by atoms with Crippen LogP contribution >= 0.6 is 38.5 Å². The summed E-state index contributed by atoms with van der Waals surface area (Å²) in [6.45, 7) is 3.66. The number of amides is 1. The lowest BCUT2D eigenvalue weighted by Crippen LogP contribution is -2.29. The van der Waals surface area contributed by atoms with Crippen LogP contribution in [0.3, 0.4) is 0 Å². The molecule has 0 bridgehead atoms. The number of anilines is 2. The van der Waals surface area contributed by atoms with E-state index in [9.17, 15) is 23.1 Å². The highest BCUT2D eigenvalue weighted by atomic mass is 127. The van der Waals surface area contributed by atoms with Gasteiger partial charge in [0.25, 0.3) is 5.91 Å². The first-order chi connectivity index (χ1) is 13.6. The average molecular weight is 587 g/mol. The number of carbonyl (C=O) groups excluding carboxylic acids is 1. The van der Waals surface area contributed by atoms with Gasteiger partial charge in [0, 0.05) is 3.57 Å². The smallest absolute Gasteiger partial charge is 0.277 e. The number of carbonyl (C=O) groups is 1. The second kappa shape index (κ2) is 10.6. The van der Waals surface area contributed by atoms with Gasteiger partial charge in [0.2, 0.25) is 0 Å². The highest BCUT2D eigenvalue weighted by Gasteiger charge is 2.23. The van der Waals surface area contributed by atoms with Crippen molar-refractivity contribution < 1.29 is 27.9 Å². The van der Waals surface area contributed by atoms with E-state index in [0.29, 0.717) is 9.99 Å². The highest BCUT2D eigenvalue weighted by Crippen LogP contribution is 2.32. The van der Waals surface area contributed by atoms with E-state index >= 15 is 0 Å². The van der Waals surface area contributed by atoms with Gasteiger partial charge in [-0.25, -0.2) is 18.7 Å². The van der Waals surface area contributed by atoms with Crippen molar-refractivity contribution in [2.45, 2.75) is 26.4 Å². The standard InChI is InChI=1S/C19H19BrF3IN2O3/c1-9(2)5-11(27)8-29-26-19(28)12-7-13(20)16(22)17(23)18(12)25-15-4-3-10(24)6-14(15)21/h3-4,6-7,9,11,25,27H,5,8H2,1-2H3,(H,26,28). The van der Waals surface area contributed by atoms with Gasteiger partial charge in [-0.15, -0.1) is 0 Å². The Kier molecular flexibility index (Phi) is 8.73. The second-order valence-corrected chi connectivity index (χ2v) is 8.78. The van der Waals surface area contributed by atoms with Crippen molar-refractivity contribution in [3.05, 3.63) is 55.3 Å². The van der Waals surface area contributed by atoms with Gasteiger partial charge in [0.05, 0.1) is 27.5 Å². The Morgan fingerprint density at radius 3 is 2.55 bits per heavy atom. The van der Waals surface area contributed by atoms with Gasteiger partial charge in [-0.3, -0.25) is 9.63 Å². The number of aliphatic hydroxyl groups excluding tert-OH is 1. The van der Waals surface area contributed by atoms with Crippen molar-refractivity contribution in [2.75, 3.05) is 11.9 Å². The van der Waals surface area contributed by atoms with Gasteiger partial charge in [-0.1, -0.05) is 13.8 Å². The van der Waals surface area contributed by atoms with E-state index in [-0.39, 0.29) is 28.2 Å². The summed E-state index contributed by atoms with van der Waals surface area (Å²) < 4.78 is 43.0. The third kappa shape index (κ3) is 6.56. The summed E-state index contributed by atoms with van der Waals surface area (Å²) in [7, 11) is 0. The predicted octanol–water partition coefficient (Wildman–Crippen LogP) is 5.28. The van der Waals surface area contributed by atoms with E-state index in [1.54, 1.807) is 6.07 Å². The van der Waals surface area contributed by atoms with Crippen molar-refractivity contribution in [3.8, 4) is 0 Å². The summed E-state index contributed by atoms with van der Waals surface area (Å²) in [4.78, 5) is 17.4. The first kappa shape index (κ1) is 23.9. The molecular weight excluding hydrogens is 568 g/mol. The van der Waals surface area contributed by atoms with Crippen molar-refractivity contribution in [3.63, 3.8) is 0 Å². The molecule has 29 heavy (non-hydrogen) atoms. The summed E-state index contributed by atoms with van der Waals surface area (Å²) >= 11 is 4.75. The van der Waals surface area contributed by atoms with E-state index in [4.69, 9.17) is 4.84 Å². The van der Waals surface area contributed by atoms with Crippen LogP contribution in [0.15, 0.2) is 28.7 Å². The molecule has 0 fully saturated rings. The Morgan fingerprint density at radius 1 is 1.24 bits per heavy atom. The minimum absolute atomic E-state index is 0.131. The quantitative estimate of drug-likeness (QED) is 0.224. The van der Waals surface area contributed by atoms with Crippen LogP contribution in [0, 0.1) is 26.9 Å². The number of nitrogens with one attached hydrogen (secondary N) is 2. The van der Waals surface area contributed by atoms with E-state index in [2.05, 4.69) is 26.7 Å². The lowest BCUT2D eigenvalue weighted by Gasteiger charge is -2.16. The molecule has 1 atom stereocenters. The normalized spacial score (nSPS) is 12.2. The van der Waals surface area contributed by atoms with E-state index in [1.165, 1.54) is 12.1 Å². The summed E-state index contributed by atoms with van der Waals surface area (Å²) in [5, 5.41) is 12.2. The Balaban J connectivity index is 2.25. The molecule has 1 amide bonds. The summed E-state index contributed by atoms with van der Waals surface area (Å²) in [6, 6.07) is 5.17. The summed E-state index contributed by atoms with van der Waals surface area (Å²) in [5.74, 6) is -3.95. The van der Waals surface area contributed by atoms with Crippen molar-refractivity contribution in [2.24, 2.45) is 5.92 Å². The molecule has 158 valence electrons. The Morgan fingerprint density at radius 2 is 1.93 bits per heavy atom. The average Bonchev–Trinajstić information content (AvgIpc) is 2.63. The minimum Gasteiger partial charge on any atom is -0.391 e. The SMILES string of the molecule is CC(C)CC(O)CONC(=O)c1cc(Br)c(F)c(F)c1Nc1ccc(I)cc1F. The van der Waals surface area contributed by atoms with Gasteiger partial charge in [-0.2, -0.15) is 0 Å². The van der Waals surface area contributed by atoms with Crippen LogP contribution in [0.2, 0.25) is 0 Å². The van der Waals surface area contributed by atoms with E-state index < -0.39 is 35.2 Å². The van der Waals surface area contributed by atoms with Crippen molar-refractivity contribution in [1.29, 1.82) is 0 Å². The van der Waals surface area contributed by atoms with Crippen LogP contribution in [0.5, 0.6) is 0 Å². The molecule has 0 spiro atoms. The lowest BCUT2D eigenvalue weighted by atomic mass is 10.1. The van der Waals surface area contributed by atoms with Crippen LogP contribution in [0.25, 0.3) is 0 Å². The van der Waals surface area contributed by atoms with E-state index in [0.717, 1.165) is 6.07 Å². The molecule has 1 unspecified atom stereocenters. The van der Waals surface area contributed by atoms with Crippen LogP contribution in [0.1, 0.15) is 30.6 Å². The molecule has 0 aliphatic carbocycles. The number of aliphatic hydroxyl groups is 1. The lowest BCUT2D eigenvalue weighted by molar-refractivity contribution is -0.0181. The summed E-state index contributed by atoms with van der Waals surface area (Å²) in [5.41, 5.74) is 1.09. The molecule has 0 radical (unpaired) electrons. The fourth-order valence-electron chi connectivity index (χ4n) is 2.49. The highest BCUT2D eigenvalue weighted by molar-refractivity contribution is 14.1. The molecule has 0 saturated heterocycles. The monoisotopic (exact) mass is 586 g/mol. The fraction of sp³-hybridized carbons (Fsp3) is 0.316. The zero-order chi connectivity index (χ0) is 21.7. The molecule has 2 aromatic carbocycles. The molecule has 0 aliphatic heterocycles. The maximum absolute atomic E-state index is 14.5. The van der Waals surface area contributed by atoms with Gasteiger partial charge < -0.3 is 10.4 Å². The topological polar surface area (TPSA) is 70.6 Å². The maximum atomic E-state index is 14.5. The molecule has 5 nitrogen and oxygen atoms in total. The van der Waals surface area contributed by atoms with Gasteiger partial charge in [0.15, 0.2) is 11.6 Å². The largest absolute Gasteiger partial charge is 0.391 e. The fourth-order valence-corrected chi connectivity index (χ4v) is 3.35. The molecule has 0 aliphatic rings. The van der Waals surface area contributed by atoms with Gasteiger partial charge >= 0.3 is 0 Å².